The second-order valence-corrected chi connectivity index (χ2v) is 4.23. The molecule has 1 fully saturated rings. The van der Waals surface area contributed by atoms with E-state index >= 15 is 0 Å². The number of rotatable bonds is 5. The maximum Gasteiger partial charge on any atom is 0.224 e. The summed E-state index contributed by atoms with van der Waals surface area (Å²) in [4.78, 5) is 13.7. The van der Waals surface area contributed by atoms with Crippen LogP contribution in [0.25, 0.3) is 0 Å². The van der Waals surface area contributed by atoms with Gasteiger partial charge in [-0.3, -0.25) is 4.79 Å². The molecule has 4 nitrogen and oxygen atoms in total. The van der Waals surface area contributed by atoms with E-state index in [0.717, 1.165) is 25.9 Å². The molecule has 0 saturated carbocycles. The topological polar surface area (TPSA) is 52.6 Å². The largest absolute Gasteiger partial charge is 0.394 e. The summed E-state index contributed by atoms with van der Waals surface area (Å²) in [6.45, 7) is 5.85. The Morgan fingerprint density at radius 1 is 1.67 bits per heavy atom. The van der Waals surface area contributed by atoms with E-state index in [2.05, 4.69) is 5.32 Å². The van der Waals surface area contributed by atoms with Gasteiger partial charge >= 0.3 is 0 Å². The van der Waals surface area contributed by atoms with Crippen LogP contribution in [0.5, 0.6) is 0 Å². The van der Waals surface area contributed by atoms with Crippen LogP contribution in [0.2, 0.25) is 0 Å². The number of nitrogens with one attached hydrogen (secondary N) is 1. The fourth-order valence-electron chi connectivity index (χ4n) is 2.15. The smallest absolute Gasteiger partial charge is 0.224 e. The first kappa shape index (κ1) is 12.5. The molecule has 0 bridgehead atoms. The maximum absolute atomic E-state index is 11.9. The molecule has 1 unspecified atom stereocenters. The third-order valence-corrected chi connectivity index (χ3v) is 2.94. The SMILES string of the molecule is CCNC(C)CC(=O)N1CCC[C@H]1CO. The Morgan fingerprint density at radius 2 is 2.40 bits per heavy atom. The van der Waals surface area contributed by atoms with E-state index in [0.29, 0.717) is 6.42 Å². The lowest BCUT2D eigenvalue weighted by atomic mass is 10.2. The van der Waals surface area contributed by atoms with Crippen molar-refractivity contribution in [1.29, 1.82) is 0 Å². The highest BCUT2D eigenvalue weighted by molar-refractivity contribution is 5.77. The van der Waals surface area contributed by atoms with Crippen molar-refractivity contribution >= 4 is 5.91 Å². The van der Waals surface area contributed by atoms with Gasteiger partial charge in [0.15, 0.2) is 0 Å². The molecule has 0 aromatic rings. The molecular weight excluding hydrogens is 192 g/mol. The van der Waals surface area contributed by atoms with Gasteiger partial charge in [-0.2, -0.15) is 0 Å². The molecule has 15 heavy (non-hydrogen) atoms. The fraction of sp³-hybridized carbons (Fsp3) is 0.909. The van der Waals surface area contributed by atoms with Crippen LogP contribution in [-0.2, 0) is 4.79 Å². The van der Waals surface area contributed by atoms with Gasteiger partial charge in [0.25, 0.3) is 0 Å². The normalized spacial score (nSPS) is 23.1. The van der Waals surface area contributed by atoms with E-state index < -0.39 is 0 Å². The quantitative estimate of drug-likeness (QED) is 0.694. The number of carbonyl (C=O) groups excluding carboxylic acids is 1. The number of nitrogens with zero attached hydrogens (tertiary/aromatic N) is 1. The molecule has 1 saturated heterocycles. The van der Waals surface area contributed by atoms with Gasteiger partial charge in [-0.05, 0) is 26.3 Å². The highest BCUT2D eigenvalue weighted by Gasteiger charge is 2.28. The molecule has 1 heterocycles. The van der Waals surface area contributed by atoms with Crippen molar-refractivity contribution in [2.45, 2.75) is 45.2 Å². The lowest BCUT2D eigenvalue weighted by molar-refractivity contribution is -0.133. The first-order valence-electron chi connectivity index (χ1n) is 5.82. The Balaban J connectivity index is 2.38. The molecule has 0 aromatic heterocycles. The second kappa shape index (κ2) is 6.08. The molecule has 1 amide bonds. The predicted octanol–water partition coefficient (Wildman–Crippen LogP) is 0.358. The molecule has 2 N–H and O–H groups in total. The number of amides is 1. The van der Waals surface area contributed by atoms with E-state index in [-0.39, 0.29) is 24.6 Å². The molecule has 1 rings (SSSR count). The highest BCUT2D eigenvalue weighted by Crippen LogP contribution is 2.17. The van der Waals surface area contributed by atoms with E-state index in [9.17, 15) is 4.79 Å². The van der Waals surface area contributed by atoms with Crippen LogP contribution < -0.4 is 5.32 Å². The van der Waals surface area contributed by atoms with Crippen molar-refractivity contribution < 1.29 is 9.90 Å². The molecule has 2 atom stereocenters. The number of hydrogen-bond acceptors (Lipinski definition) is 3. The highest BCUT2D eigenvalue weighted by atomic mass is 16.3. The van der Waals surface area contributed by atoms with Gasteiger partial charge in [0.05, 0.1) is 12.6 Å². The van der Waals surface area contributed by atoms with Gasteiger partial charge < -0.3 is 15.3 Å². The summed E-state index contributed by atoms with van der Waals surface area (Å²) < 4.78 is 0. The summed E-state index contributed by atoms with van der Waals surface area (Å²) in [6, 6.07) is 0.286. The third-order valence-electron chi connectivity index (χ3n) is 2.94. The molecule has 1 aliphatic heterocycles. The van der Waals surface area contributed by atoms with Gasteiger partial charge in [-0.15, -0.1) is 0 Å². The molecule has 88 valence electrons. The van der Waals surface area contributed by atoms with Crippen LogP contribution in [0.4, 0.5) is 0 Å². The maximum atomic E-state index is 11.9. The monoisotopic (exact) mass is 214 g/mol. The van der Waals surface area contributed by atoms with Gasteiger partial charge in [-0.25, -0.2) is 0 Å². The predicted molar refractivity (Wildman–Crippen MR) is 59.6 cm³/mol. The number of carbonyl (C=O) groups is 1. The number of hydrogen-bond donors (Lipinski definition) is 2. The average molecular weight is 214 g/mol. The van der Waals surface area contributed by atoms with Crippen LogP contribution in [0.1, 0.15) is 33.1 Å². The van der Waals surface area contributed by atoms with E-state index in [1.54, 1.807) is 0 Å². The fourth-order valence-corrected chi connectivity index (χ4v) is 2.15. The van der Waals surface area contributed by atoms with Crippen molar-refractivity contribution in [3.8, 4) is 0 Å². The van der Waals surface area contributed by atoms with Crippen LogP contribution in [0.3, 0.4) is 0 Å². The third kappa shape index (κ3) is 3.47. The van der Waals surface area contributed by atoms with Crippen LogP contribution in [-0.4, -0.2) is 47.7 Å². The molecular formula is C11H22N2O2. The second-order valence-electron chi connectivity index (χ2n) is 4.23. The summed E-state index contributed by atoms with van der Waals surface area (Å²) in [5, 5.41) is 12.3. The minimum absolute atomic E-state index is 0.0614. The van der Waals surface area contributed by atoms with Crippen molar-refractivity contribution in [2.24, 2.45) is 0 Å². The molecule has 0 aromatic carbocycles. The zero-order valence-electron chi connectivity index (χ0n) is 9.70. The summed E-state index contributed by atoms with van der Waals surface area (Å²) in [7, 11) is 0. The molecule has 0 spiro atoms. The molecule has 0 radical (unpaired) electrons. The zero-order chi connectivity index (χ0) is 11.3. The number of likely N-dealkylation sites (tertiary alicyclic amines) is 1. The lowest BCUT2D eigenvalue weighted by Gasteiger charge is -2.24. The number of aliphatic hydroxyl groups is 1. The van der Waals surface area contributed by atoms with Crippen LogP contribution in [0, 0.1) is 0 Å². The Morgan fingerprint density at radius 3 is 3.00 bits per heavy atom. The standard InChI is InChI=1S/C11H22N2O2/c1-3-12-9(2)7-11(15)13-6-4-5-10(13)8-14/h9-10,12,14H,3-8H2,1-2H3/t9?,10-/m0/s1. The van der Waals surface area contributed by atoms with Gasteiger partial charge in [0, 0.05) is 19.0 Å². The summed E-state index contributed by atoms with van der Waals surface area (Å²) in [5.74, 6) is 0.167. The van der Waals surface area contributed by atoms with E-state index in [4.69, 9.17) is 5.11 Å². The van der Waals surface area contributed by atoms with Gasteiger partial charge in [0.1, 0.15) is 0 Å². The summed E-state index contributed by atoms with van der Waals surface area (Å²) >= 11 is 0. The van der Waals surface area contributed by atoms with Crippen molar-refractivity contribution in [3.05, 3.63) is 0 Å². The Labute approximate surface area is 91.6 Å². The zero-order valence-corrected chi connectivity index (χ0v) is 9.70. The van der Waals surface area contributed by atoms with E-state index in [1.807, 2.05) is 18.7 Å². The first-order chi connectivity index (χ1) is 7.19. The van der Waals surface area contributed by atoms with Crippen LogP contribution in [0.15, 0.2) is 0 Å². The molecule has 0 aliphatic carbocycles. The van der Waals surface area contributed by atoms with E-state index in [1.165, 1.54) is 0 Å². The Kier molecular flexibility index (Phi) is 5.05. The Bertz CT molecular complexity index is 209. The lowest BCUT2D eigenvalue weighted by Crippen LogP contribution is -2.41. The van der Waals surface area contributed by atoms with Gasteiger partial charge in [0.2, 0.25) is 5.91 Å². The average Bonchev–Trinajstić information content (AvgIpc) is 2.65. The Hall–Kier alpha value is -0.610. The summed E-state index contributed by atoms with van der Waals surface area (Å²) in [6.07, 6.45) is 2.49. The molecule has 1 aliphatic rings. The molecule has 4 heteroatoms. The van der Waals surface area contributed by atoms with Crippen molar-refractivity contribution in [2.75, 3.05) is 19.7 Å². The minimum atomic E-state index is 0.0614. The number of aliphatic hydroxyl groups excluding tert-OH is 1. The minimum Gasteiger partial charge on any atom is -0.394 e. The van der Waals surface area contributed by atoms with Crippen molar-refractivity contribution in [3.63, 3.8) is 0 Å². The first-order valence-corrected chi connectivity index (χ1v) is 5.82. The van der Waals surface area contributed by atoms with Gasteiger partial charge in [-0.1, -0.05) is 6.92 Å². The summed E-state index contributed by atoms with van der Waals surface area (Å²) in [5.41, 5.74) is 0. The van der Waals surface area contributed by atoms with Crippen molar-refractivity contribution in [1.82, 2.24) is 10.2 Å². The van der Waals surface area contributed by atoms with Crippen LogP contribution >= 0.6 is 0 Å².